The number of imidazole rings is 1. The highest BCUT2D eigenvalue weighted by atomic mass is 19.3. The maximum Gasteiger partial charge on any atom is 0.387 e. The molecule has 0 bridgehead atoms. The second-order valence-electron chi connectivity index (χ2n) is 9.02. The van der Waals surface area contributed by atoms with E-state index in [0.29, 0.717) is 23.5 Å². The minimum absolute atomic E-state index is 0.00756. The van der Waals surface area contributed by atoms with Crippen molar-refractivity contribution in [1.82, 2.24) is 19.2 Å². The lowest BCUT2D eigenvalue weighted by molar-refractivity contribution is -0.144. The zero-order valence-electron chi connectivity index (χ0n) is 20.9. The Hall–Kier alpha value is -4.28. The van der Waals surface area contributed by atoms with E-state index >= 15 is 0 Å². The summed E-state index contributed by atoms with van der Waals surface area (Å²) in [5.74, 6) is -0.430. The summed E-state index contributed by atoms with van der Waals surface area (Å²) >= 11 is 0. The van der Waals surface area contributed by atoms with Crippen LogP contribution in [0.1, 0.15) is 36.5 Å². The van der Waals surface area contributed by atoms with Crippen LogP contribution in [0.3, 0.4) is 0 Å². The molecule has 198 valence electrons. The highest BCUT2D eigenvalue weighted by Crippen LogP contribution is 2.40. The van der Waals surface area contributed by atoms with E-state index in [1.807, 2.05) is 12.1 Å². The summed E-state index contributed by atoms with van der Waals surface area (Å²) in [4.78, 5) is 29.1. The van der Waals surface area contributed by atoms with Crippen molar-refractivity contribution in [2.75, 3.05) is 13.7 Å². The summed E-state index contributed by atoms with van der Waals surface area (Å²) in [5, 5.41) is 4.22. The second-order valence-corrected chi connectivity index (χ2v) is 9.02. The number of esters is 1. The van der Waals surface area contributed by atoms with Crippen molar-refractivity contribution in [3.8, 4) is 33.9 Å². The van der Waals surface area contributed by atoms with E-state index < -0.39 is 6.61 Å². The second kappa shape index (κ2) is 10.6. The van der Waals surface area contributed by atoms with Gasteiger partial charge in [0.25, 0.3) is 0 Å². The van der Waals surface area contributed by atoms with Crippen molar-refractivity contribution in [3.05, 3.63) is 54.6 Å². The Morgan fingerprint density at radius 3 is 2.61 bits per heavy atom. The van der Waals surface area contributed by atoms with Crippen LogP contribution in [-0.2, 0) is 16.1 Å². The lowest BCUT2D eigenvalue weighted by Crippen LogP contribution is -2.13. The van der Waals surface area contributed by atoms with E-state index in [4.69, 9.17) is 14.2 Å². The molecule has 1 fully saturated rings. The van der Waals surface area contributed by atoms with Crippen LogP contribution in [-0.4, -0.2) is 51.2 Å². The topological polar surface area (TPSA) is 97.0 Å². The molecule has 0 spiro atoms. The fourth-order valence-corrected chi connectivity index (χ4v) is 4.36. The number of fused-ring (bicyclic) bond motifs is 1. The van der Waals surface area contributed by atoms with Crippen molar-refractivity contribution in [2.45, 2.75) is 39.3 Å². The number of rotatable bonds is 11. The molecular formula is C27H26F2N4O5. The molecule has 4 aromatic rings. The lowest BCUT2D eigenvalue weighted by atomic mass is 10.00. The molecule has 0 saturated heterocycles. The number of ether oxygens (including phenoxy) is 3. The minimum atomic E-state index is -3.10. The fraction of sp³-hybridized carbons (Fsp3) is 0.333. The average Bonchev–Trinajstić information content (AvgIpc) is 3.40. The van der Waals surface area contributed by atoms with Gasteiger partial charge in [0.2, 0.25) is 0 Å². The number of Topliss-reactive ketones (excluding diaryl/α,β-unsaturated/α-hetero) is 1. The molecule has 1 aliphatic carbocycles. The Morgan fingerprint density at radius 1 is 1.11 bits per heavy atom. The van der Waals surface area contributed by atoms with Gasteiger partial charge >= 0.3 is 12.6 Å². The van der Waals surface area contributed by atoms with E-state index in [9.17, 15) is 18.4 Å². The zero-order valence-corrected chi connectivity index (χ0v) is 20.9. The average molecular weight is 525 g/mol. The summed E-state index contributed by atoms with van der Waals surface area (Å²) in [7, 11) is 1.39. The predicted octanol–water partition coefficient (Wildman–Crippen LogP) is 5.02. The molecule has 5 rings (SSSR count). The zero-order chi connectivity index (χ0) is 26.8. The van der Waals surface area contributed by atoms with Crippen molar-refractivity contribution < 1.29 is 32.6 Å². The molecule has 11 heteroatoms. The highest BCUT2D eigenvalue weighted by molar-refractivity contribution is 6.02. The van der Waals surface area contributed by atoms with E-state index in [-0.39, 0.29) is 47.7 Å². The van der Waals surface area contributed by atoms with Gasteiger partial charge in [0.15, 0.2) is 5.78 Å². The molecule has 0 radical (unpaired) electrons. The van der Waals surface area contributed by atoms with Crippen molar-refractivity contribution >= 4 is 17.4 Å². The number of carbonyl (C=O) groups excluding carboxylic acids is 2. The molecule has 3 heterocycles. The minimum Gasteiger partial charge on any atom is -0.496 e. The van der Waals surface area contributed by atoms with Gasteiger partial charge in [-0.1, -0.05) is 0 Å². The predicted molar refractivity (Wildman–Crippen MR) is 133 cm³/mol. The smallest absolute Gasteiger partial charge is 0.387 e. The van der Waals surface area contributed by atoms with Crippen LogP contribution in [0.4, 0.5) is 8.78 Å². The fourth-order valence-electron chi connectivity index (χ4n) is 4.36. The summed E-state index contributed by atoms with van der Waals surface area (Å²) in [6.07, 6.45) is 8.95. The van der Waals surface area contributed by atoms with E-state index in [2.05, 4.69) is 10.1 Å². The third-order valence-corrected chi connectivity index (χ3v) is 6.32. The van der Waals surface area contributed by atoms with Crippen molar-refractivity contribution in [1.29, 1.82) is 0 Å². The molecule has 1 aromatic carbocycles. The maximum atomic E-state index is 13.3. The van der Waals surface area contributed by atoms with Gasteiger partial charge in [0.05, 0.1) is 31.8 Å². The van der Waals surface area contributed by atoms with Gasteiger partial charge < -0.3 is 14.2 Å². The van der Waals surface area contributed by atoms with E-state index in [0.717, 1.165) is 24.0 Å². The standard InChI is InChI=1S/C27H26F2N4O5/c1-3-37-25(35)15-32-14-19(12-31-32)17-6-7-33-20(13-30-24(33)11-17)18-9-22(36-2)26(21(34)8-16-4-5-16)23(10-18)38-27(28)29/h6-7,9-14,16,27H,3-5,8,15H2,1-2H3. The highest BCUT2D eigenvalue weighted by Gasteiger charge is 2.29. The number of aromatic nitrogens is 4. The first-order chi connectivity index (χ1) is 18.4. The third kappa shape index (κ3) is 5.36. The number of hydrogen-bond donors (Lipinski definition) is 0. The number of alkyl halides is 2. The summed E-state index contributed by atoms with van der Waals surface area (Å²) in [6.45, 7) is -1.05. The first kappa shape index (κ1) is 25.4. The van der Waals surface area contributed by atoms with Gasteiger partial charge in [-0.15, -0.1) is 0 Å². The van der Waals surface area contributed by atoms with Gasteiger partial charge in [-0.3, -0.25) is 18.7 Å². The van der Waals surface area contributed by atoms with Gasteiger partial charge in [-0.05, 0) is 55.5 Å². The lowest BCUT2D eigenvalue weighted by Gasteiger charge is -2.16. The monoisotopic (exact) mass is 524 g/mol. The largest absolute Gasteiger partial charge is 0.496 e. The number of benzene rings is 1. The molecule has 0 atom stereocenters. The Kier molecular flexibility index (Phi) is 7.08. The third-order valence-electron chi connectivity index (χ3n) is 6.32. The van der Waals surface area contributed by atoms with Crippen molar-refractivity contribution in [3.63, 3.8) is 0 Å². The molecule has 1 aliphatic rings. The molecule has 3 aromatic heterocycles. The number of halogens is 2. The summed E-state index contributed by atoms with van der Waals surface area (Å²) in [5.41, 5.74) is 3.34. The summed E-state index contributed by atoms with van der Waals surface area (Å²) in [6, 6.07) is 6.75. The molecule has 38 heavy (non-hydrogen) atoms. The van der Waals surface area contributed by atoms with Gasteiger partial charge in [0.1, 0.15) is 29.3 Å². The van der Waals surface area contributed by atoms with Crippen LogP contribution in [0.5, 0.6) is 11.5 Å². The number of methoxy groups -OCH3 is 1. The van der Waals surface area contributed by atoms with Gasteiger partial charge in [-0.25, -0.2) is 4.98 Å². The molecule has 1 saturated carbocycles. The SMILES string of the molecule is CCOC(=O)Cn1cc(-c2ccn3c(-c4cc(OC)c(C(=O)CC5CC5)c(OC(F)F)c4)cnc3c2)cn1. The maximum absolute atomic E-state index is 13.3. The Morgan fingerprint density at radius 2 is 1.89 bits per heavy atom. The van der Waals surface area contributed by atoms with Gasteiger partial charge in [0, 0.05) is 29.9 Å². The van der Waals surface area contributed by atoms with Crippen LogP contribution in [0.25, 0.3) is 28.0 Å². The number of carbonyl (C=O) groups is 2. The van der Waals surface area contributed by atoms with Gasteiger partial charge in [-0.2, -0.15) is 13.9 Å². The Labute approximate surface area is 216 Å². The van der Waals surface area contributed by atoms with Crippen LogP contribution in [0, 0.1) is 5.92 Å². The first-order valence-electron chi connectivity index (χ1n) is 12.2. The Balaban J connectivity index is 1.48. The van der Waals surface area contributed by atoms with Crippen LogP contribution >= 0.6 is 0 Å². The molecule has 0 N–H and O–H groups in total. The molecule has 0 amide bonds. The number of pyridine rings is 1. The van der Waals surface area contributed by atoms with Crippen molar-refractivity contribution in [2.24, 2.45) is 5.92 Å². The number of nitrogens with zero attached hydrogens (tertiary/aromatic N) is 4. The number of hydrogen-bond acceptors (Lipinski definition) is 7. The first-order valence-corrected chi connectivity index (χ1v) is 12.2. The molecule has 0 aliphatic heterocycles. The summed E-state index contributed by atoms with van der Waals surface area (Å²) < 4.78 is 45.1. The number of ketones is 1. The molecule has 0 unspecified atom stereocenters. The molecule has 9 nitrogen and oxygen atoms in total. The van der Waals surface area contributed by atoms with E-state index in [1.54, 1.807) is 42.2 Å². The van der Waals surface area contributed by atoms with Crippen LogP contribution < -0.4 is 9.47 Å². The quantitative estimate of drug-likeness (QED) is 0.201. The Bertz CT molecular complexity index is 1490. The molecular weight excluding hydrogens is 498 g/mol. The normalized spacial score (nSPS) is 13.2. The van der Waals surface area contributed by atoms with Crippen LogP contribution in [0.15, 0.2) is 49.1 Å². The van der Waals surface area contributed by atoms with Crippen LogP contribution in [0.2, 0.25) is 0 Å². The van der Waals surface area contributed by atoms with E-state index in [1.165, 1.54) is 17.9 Å².